The maximum atomic E-state index is 13.0. The summed E-state index contributed by atoms with van der Waals surface area (Å²) >= 11 is 1.22. The molecule has 5 atom stereocenters. The van der Waals surface area contributed by atoms with Gasteiger partial charge < -0.3 is 36.0 Å². The molecule has 0 saturated heterocycles. The van der Waals surface area contributed by atoms with E-state index in [1.807, 2.05) is 24.3 Å². The normalized spacial score (nSPS) is 15.1. The van der Waals surface area contributed by atoms with Gasteiger partial charge in [-0.3, -0.25) is 23.4 Å². The zero-order chi connectivity index (χ0) is 45.2. The molecule has 0 aromatic carbocycles. The molecule has 0 rings (SSSR count). The van der Waals surface area contributed by atoms with E-state index >= 15 is 0 Å². The van der Waals surface area contributed by atoms with E-state index in [0.717, 1.165) is 32.1 Å². The number of rotatable bonds is 43. The summed E-state index contributed by atoms with van der Waals surface area (Å²) < 4.78 is 32.9. The van der Waals surface area contributed by atoms with Gasteiger partial charge in [-0.1, -0.05) is 165 Å². The van der Waals surface area contributed by atoms with Crippen molar-refractivity contribution in [2.75, 3.05) is 32.1 Å². The first-order valence-electron chi connectivity index (χ1n) is 23.1. The second-order valence-corrected chi connectivity index (χ2v) is 18.2. The van der Waals surface area contributed by atoms with Gasteiger partial charge in [0.05, 0.1) is 19.3 Å². The predicted octanol–water partition coefficient (Wildman–Crippen LogP) is 10.0. The molecule has 0 aromatic heterocycles. The van der Waals surface area contributed by atoms with Gasteiger partial charge in [0.15, 0.2) is 6.10 Å². The molecular formula is C46H83N2O11PS. The van der Waals surface area contributed by atoms with Crippen LogP contribution in [0, 0.1) is 0 Å². The number of carboxylic acid groups (broad SMARTS) is 1. The molecule has 0 aliphatic carbocycles. The highest BCUT2D eigenvalue weighted by Gasteiger charge is 2.27. The summed E-state index contributed by atoms with van der Waals surface area (Å²) in [5.74, 6) is -2.26. The lowest BCUT2D eigenvalue weighted by Gasteiger charge is -2.22. The molecule has 0 aromatic rings. The molecule has 15 heteroatoms. The van der Waals surface area contributed by atoms with Crippen LogP contribution in [0.25, 0.3) is 0 Å². The highest BCUT2D eigenvalue weighted by atomic mass is 32.2. The maximum absolute atomic E-state index is 13.0. The van der Waals surface area contributed by atoms with Gasteiger partial charge in [0.1, 0.15) is 12.6 Å². The molecule has 0 radical (unpaired) electrons. The summed E-state index contributed by atoms with van der Waals surface area (Å²) in [6, 6.07) is -1.13. The number of thioether (sulfide) groups is 1. The number of hydrogen-bond acceptors (Lipinski definition) is 12. The van der Waals surface area contributed by atoms with Crippen molar-refractivity contribution >= 4 is 37.5 Å². The zero-order valence-corrected chi connectivity index (χ0v) is 39.3. The number of ether oxygens (including phenoxy) is 2. The number of phosphoric ester groups is 1. The topological polar surface area (TPSA) is 218 Å². The molecule has 354 valence electrons. The Hall–Kier alpha value is -2.29. The molecule has 0 spiro atoms. The number of phosphoric acid groups is 1. The number of esters is 2. The number of carboxylic acids is 1. The monoisotopic (exact) mass is 903 g/mol. The molecule has 0 amide bonds. The molecule has 13 nitrogen and oxygen atoms in total. The quantitative estimate of drug-likeness (QED) is 0.0127. The van der Waals surface area contributed by atoms with Gasteiger partial charge in [0.25, 0.3) is 0 Å². The molecule has 0 heterocycles. The molecule has 0 bridgehead atoms. The smallest absolute Gasteiger partial charge is 0.472 e. The predicted molar refractivity (Wildman–Crippen MR) is 248 cm³/mol. The molecule has 61 heavy (non-hydrogen) atoms. The molecule has 0 aliphatic rings. The van der Waals surface area contributed by atoms with E-state index in [1.165, 1.54) is 102 Å². The van der Waals surface area contributed by atoms with Crippen LogP contribution in [0.1, 0.15) is 168 Å². The highest BCUT2D eigenvalue weighted by Crippen LogP contribution is 2.43. The Morgan fingerprint density at radius 2 is 1.31 bits per heavy atom. The Bertz CT molecular complexity index is 1270. The molecular weight excluding hydrogens is 820 g/mol. The fourth-order valence-corrected chi connectivity index (χ4v) is 8.03. The summed E-state index contributed by atoms with van der Waals surface area (Å²) in [5, 5.41) is 19.4. The Morgan fingerprint density at radius 3 is 1.92 bits per heavy atom. The molecule has 1 unspecified atom stereocenters. The summed E-state index contributed by atoms with van der Waals surface area (Å²) in [4.78, 5) is 46.7. The standard InChI is InChI=1S/C46H83N2O11PS/c1-3-5-7-9-11-13-15-17-18-19-21-23-25-27-29-34-45(52)59-40(38-58-60(54,55)57-36-35-47)37-56-46(53)41(48)39-61-43(42(49)31-30-33-44(50)51)32-28-26-24-22-20-16-14-12-10-8-6-4-2/h12,14,20,22,24,26,28,32,40-43,49H,3-11,13,15-19,21,23,25,27,29-31,33-39,47-48H2,1-2H3,(H,50,51)(H,54,55)/b14-12-,22-20-,26-24+,32-28+/t40-,41+,42+,43-/m1/s1. The van der Waals surface area contributed by atoms with Crippen LogP contribution < -0.4 is 11.5 Å². The first kappa shape index (κ1) is 58.7. The average molecular weight is 903 g/mol. The second-order valence-electron chi connectivity index (χ2n) is 15.5. The maximum Gasteiger partial charge on any atom is 0.472 e. The number of aliphatic hydroxyl groups excluding tert-OH is 1. The van der Waals surface area contributed by atoms with E-state index < -0.39 is 62.4 Å². The Labute approximate surface area is 372 Å². The first-order valence-corrected chi connectivity index (χ1v) is 25.6. The third kappa shape index (κ3) is 39.1. The van der Waals surface area contributed by atoms with E-state index in [2.05, 4.69) is 26.0 Å². The van der Waals surface area contributed by atoms with Gasteiger partial charge in [-0.15, -0.1) is 11.8 Å². The zero-order valence-electron chi connectivity index (χ0n) is 37.6. The average Bonchev–Trinajstić information content (AvgIpc) is 3.23. The lowest BCUT2D eigenvalue weighted by atomic mass is 10.0. The van der Waals surface area contributed by atoms with Gasteiger partial charge >= 0.3 is 25.7 Å². The van der Waals surface area contributed by atoms with Crippen molar-refractivity contribution in [3.63, 3.8) is 0 Å². The molecule has 0 saturated carbocycles. The molecule has 0 fully saturated rings. The van der Waals surface area contributed by atoms with Crippen LogP contribution in [0.4, 0.5) is 0 Å². The fourth-order valence-electron chi connectivity index (χ4n) is 6.13. The number of unbranched alkanes of at least 4 members (excludes halogenated alkanes) is 17. The van der Waals surface area contributed by atoms with Gasteiger partial charge in [-0.25, -0.2) is 4.57 Å². The van der Waals surface area contributed by atoms with Crippen molar-refractivity contribution in [1.29, 1.82) is 0 Å². The van der Waals surface area contributed by atoms with Gasteiger partial charge in [0.2, 0.25) is 0 Å². The first-order chi connectivity index (χ1) is 29.4. The number of aliphatic hydroxyl groups is 1. The second kappa shape index (κ2) is 41.7. The minimum atomic E-state index is -4.51. The van der Waals surface area contributed by atoms with E-state index in [1.54, 1.807) is 12.2 Å². The van der Waals surface area contributed by atoms with Crippen LogP contribution in [0.2, 0.25) is 0 Å². The van der Waals surface area contributed by atoms with E-state index in [-0.39, 0.29) is 44.6 Å². The molecule has 0 aliphatic heterocycles. The van der Waals surface area contributed by atoms with Crippen LogP contribution in [0.5, 0.6) is 0 Å². The molecule has 7 N–H and O–H groups in total. The van der Waals surface area contributed by atoms with Crippen LogP contribution >= 0.6 is 19.6 Å². The SMILES string of the molecule is CCCCC/C=C\C\C=C/C=C/C=C/[C@@H](SC[C@H](N)C(=O)OC[C@H](COP(=O)(O)OCCN)OC(=O)CCCCCCCCCCCCCCCCC)[C@@H](O)CCCC(=O)O. The van der Waals surface area contributed by atoms with Crippen molar-refractivity contribution in [2.45, 2.75) is 191 Å². The number of hydrogen-bond donors (Lipinski definition) is 5. The Balaban J connectivity index is 5.03. The number of allylic oxidation sites excluding steroid dienone is 7. The van der Waals surface area contributed by atoms with Gasteiger partial charge in [-0.2, -0.15) is 0 Å². The van der Waals surface area contributed by atoms with E-state index in [0.29, 0.717) is 6.42 Å². The lowest BCUT2D eigenvalue weighted by molar-refractivity contribution is -0.161. The summed E-state index contributed by atoms with van der Waals surface area (Å²) in [6.07, 6.45) is 37.5. The Kier molecular flexibility index (Phi) is 40.1. The minimum Gasteiger partial charge on any atom is -0.481 e. The van der Waals surface area contributed by atoms with Crippen molar-refractivity contribution in [3.05, 3.63) is 48.6 Å². The summed E-state index contributed by atoms with van der Waals surface area (Å²) in [5.41, 5.74) is 11.5. The van der Waals surface area contributed by atoms with Crippen molar-refractivity contribution in [3.8, 4) is 0 Å². The van der Waals surface area contributed by atoms with E-state index in [9.17, 15) is 28.9 Å². The van der Waals surface area contributed by atoms with E-state index in [4.69, 9.17) is 35.1 Å². The fraction of sp³-hybridized carbons (Fsp3) is 0.761. The van der Waals surface area contributed by atoms with Crippen molar-refractivity contribution in [2.24, 2.45) is 11.5 Å². The number of nitrogens with two attached hydrogens (primary N) is 2. The van der Waals surface area contributed by atoms with Crippen LogP contribution in [-0.2, 0) is 37.5 Å². The van der Waals surface area contributed by atoms with Crippen LogP contribution in [-0.4, -0.2) is 88.6 Å². The largest absolute Gasteiger partial charge is 0.481 e. The number of aliphatic carboxylic acids is 1. The summed E-state index contributed by atoms with van der Waals surface area (Å²) in [7, 11) is -4.51. The number of carbonyl (C=O) groups excluding carboxylic acids is 2. The minimum absolute atomic E-state index is 0.0134. The van der Waals surface area contributed by atoms with Crippen molar-refractivity contribution in [1.82, 2.24) is 0 Å². The van der Waals surface area contributed by atoms with Crippen LogP contribution in [0.15, 0.2) is 48.6 Å². The van der Waals surface area contributed by atoms with Gasteiger partial charge in [-0.05, 0) is 38.5 Å². The van der Waals surface area contributed by atoms with Crippen molar-refractivity contribution < 1.29 is 52.6 Å². The van der Waals surface area contributed by atoms with Crippen LogP contribution in [0.3, 0.4) is 0 Å². The Morgan fingerprint density at radius 1 is 0.721 bits per heavy atom. The highest BCUT2D eigenvalue weighted by molar-refractivity contribution is 8.00. The third-order valence-electron chi connectivity index (χ3n) is 9.71. The lowest BCUT2D eigenvalue weighted by Crippen LogP contribution is -2.38. The third-order valence-corrected chi connectivity index (χ3v) is 12.1. The summed E-state index contributed by atoms with van der Waals surface area (Å²) in [6.45, 7) is 3.13. The number of carbonyl (C=O) groups is 3. The van der Waals surface area contributed by atoms with Gasteiger partial charge in [0, 0.05) is 30.4 Å².